The Bertz CT molecular complexity index is 403. The second-order valence-corrected chi connectivity index (χ2v) is 7.20. The van der Waals surface area contributed by atoms with E-state index in [4.69, 9.17) is 4.74 Å². The van der Waals surface area contributed by atoms with Gasteiger partial charge in [0, 0.05) is 0 Å². The van der Waals surface area contributed by atoms with Gasteiger partial charge in [-0.3, -0.25) is 9.59 Å². The Morgan fingerprint density at radius 2 is 1.52 bits per heavy atom. The van der Waals surface area contributed by atoms with E-state index in [9.17, 15) is 14.7 Å². The minimum atomic E-state index is -0.869. The van der Waals surface area contributed by atoms with Crippen LogP contribution in [0.3, 0.4) is 0 Å². The van der Waals surface area contributed by atoms with Gasteiger partial charge >= 0.3 is 11.9 Å². The fraction of sp³-hybridized carbons (Fsp3) is 0.810. The van der Waals surface area contributed by atoms with E-state index in [1.807, 2.05) is 6.08 Å². The van der Waals surface area contributed by atoms with Crippen LogP contribution in [-0.2, 0) is 14.3 Å². The number of allylic oxidation sites excluding steroid dienone is 1. The lowest BCUT2D eigenvalue weighted by Crippen LogP contribution is -2.33. The van der Waals surface area contributed by atoms with Gasteiger partial charge in [-0.2, -0.15) is 0 Å². The molecule has 0 aromatic rings. The van der Waals surface area contributed by atoms with Crippen molar-refractivity contribution < 1.29 is 19.4 Å². The van der Waals surface area contributed by atoms with E-state index in [-0.39, 0.29) is 12.6 Å². The summed E-state index contributed by atoms with van der Waals surface area (Å²) in [6.07, 6.45) is 18.5. The van der Waals surface area contributed by atoms with Crippen molar-refractivity contribution >= 4 is 11.9 Å². The predicted molar refractivity (Wildman–Crippen MR) is 100 cm³/mol. The van der Waals surface area contributed by atoms with Crippen LogP contribution in [0.4, 0.5) is 0 Å². The molecule has 0 amide bonds. The fourth-order valence-corrected chi connectivity index (χ4v) is 3.53. The zero-order chi connectivity index (χ0) is 18.3. The van der Waals surface area contributed by atoms with Crippen LogP contribution in [0.25, 0.3) is 0 Å². The highest BCUT2D eigenvalue weighted by Gasteiger charge is 2.36. The fourth-order valence-electron chi connectivity index (χ4n) is 3.53. The molecule has 2 atom stereocenters. The predicted octanol–water partition coefficient (Wildman–Crippen LogP) is 5.51. The van der Waals surface area contributed by atoms with E-state index >= 15 is 0 Å². The van der Waals surface area contributed by atoms with Crippen molar-refractivity contribution in [1.82, 2.24) is 0 Å². The van der Waals surface area contributed by atoms with Crippen molar-refractivity contribution in [2.45, 2.75) is 90.4 Å². The lowest BCUT2D eigenvalue weighted by atomic mass is 9.79. The molecule has 1 saturated carbocycles. The van der Waals surface area contributed by atoms with Gasteiger partial charge in [-0.25, -0.2) is 0 Å². The third-order valence-corrected chi connectivity index (χ3v) is 5.10. The first-order valence-corrected chi connectivity index (χ1v) is 10.2. The molecule has 2 unspecified atom stereocenters. The maximum Gasteiger partial charge on any atom is 0.310 e. The summed E-state index contributed by atoms with van der Waals surface area (Å²) in [5.74, 6) is -2.24. The Morgan fingerprint density at radius 3 is 2.16 bits per heavy atom. The average Bonchev–Trinajstić information content (AvgIpc) is 2.62. The number of carbonyl (C=O) groups excluding carboxylic acids is 1. The molecule has 1 aliphatic carbocycles. The molecule has 1 rings (SSSR count). The van der Waals surface area contributed by atoms with Crippen molar-refractivity contribution in [3.63, 3.8) is 0 Å². The summed E-state index contributed by atoms with van der Waals surface area (Å²) in [6, 6.07) is 0. The highest BCUT2D eigenvalue weighted by molar-refractivity contribution is 5.81. The molecule has 0 heterocycles. The zero-order valence-corrected chi connectivity index (χ0v) is 15.9. The number of rotatable bonds is 13. The van der Waals surface area contributed by atoms with Crippen molar-refractivity contribution in [2.75, 3.05) is 6.61 Å². The molecule has 4 nitrogen and oxygen atoms in total. The van der Waals surface area contributed by atoms with Crippen LogP contribution in [0.1, 0.15) is 90.4 Å². The van der Waals surface area contributed by atoms with E-state index in [2.05, 4.69) is 13.0 Å². The summed E-state index contributed by atoms with van der Waals surface area (Å²) in [6.45, 7) is 2.50. The van der Waals surface area contributed by atoms with Gasteiger partial charge in [0.1, 0.15) is 6.61 Å². The smallest absolute Gasteiger partial charge is 0.310 e. The third kappa shape index (κ3) is 9.66. The molecule has 1 aliphatic rings. The average molecular weight is 353 g/mol. The lowest BCUT2D eigenvalue weighted by Gasteiger charge is -2.26. The highest BCUT2D eigenvalue weighted by Crippen LogP contribution is 2.31. The largest absolute Gasteiger partial charge is 0.481 e. The quantitative estimate of drug-likeness (QED) is 0.270. The number of carboxylic acid groups (broad SMARTS) is 1. The van der Waals surface area contributed by atoms with Crippen LogP contribution in [-0.4, -0.2) is 23.7 Å². The van der Waals surface area contributed by atoms with Crippen molar-refractivity contribution in [1.29, 1.82) is 0 Å². The molecule has 1 fully saturated rings. The van der Waals surface area contributed by atoms with Crippen LogP contribution >= 0.6 is 0 Å². The van der Waals surface area contributed by atoms with Crippen LogP contribution < -0.4 is 0 Å². The third-order valence-electron chi connectivity index (χ3n) is 5.10. The van der Waals surface area contributed by atoms with Crippen LogP contribution in [0.15, 0.2) is 12.2 Å². The van der Waals surface area contributed by atoms with Gasteiger partial charge in [-0.1, -0.05) is 76.9 Å². The number of aliphatic carboxylic acids is 1. The van der Waals surface area contributed by atoms with Gasteiger partial charge < -0.3 is 9.84 Å². The summed E-state index contributed by atoms with van der Waals surface area (Å²) >= 11 is 0. The van der Waals surface area contributed by atoms with Gasteiger partial charge in [-0.05, 0) is 25.7 Å². The van der Waals surface area contributed by atoms with E-state index in [1.165, 1.54) is 51.4 Å². The minimum absolute atomic E-state index is 0.263. The number of unbranched alkanes of at least 4 members (excludes halogenated alkanes) is 8. The van der Waals surface area contributed by atoms with Gasteiger partial charge in [-0.15, -0.1) is 0 Å². The number of ether oxygens (including phenoxy) is 1. The molecule has 0 spiro atoms. The maximum absolute atomic E-state index is 12.1. The van der Waals surface area contributed by atoms with Gasteiger partial charge in [0.25, 0.3) is 0 Å². The zero-order valence-electron chi connectivity index (χ0n) is 15.9. The second-order valence-electron chi connectivity index (χ2n) is 7.20. The molecular weight excluding hydrogens is 316 g/mol. The van der Waals surface area contributed by atoms with E-state index in [0.717, 1.165) is 19.3 Å². The summed E-state index contributed by atoms with van der Waals surface area (Å²) in [5.41, 5.74) is 0. The Morgan fingerprint density at radius 1 is 0.920 bits per heavy atom. The van der Waals surface area contributed by atoms with Gasteiger partial charge in [0.2, 0.25) is 0 Å². The highest BCUT2D eigenvalue weighted by atomic mass is 16.5. The van der Waals surface area contributed by atoms with Crippen LogP contribution in [0.2, 0.25) is 0 Å². The Balaban J connectivity index is 2.05. The number of hydrogen-bond donors (Lipinski definition) is 1. The minimum Gasteiger partial charge on any atom is -0.481 e. The van der Waals surface area contributed by atoms with E-state index < -0.39 is 17.8 Å². The standard InChI is InChI=1S/C21H36O4/c1-2-3-4-5-6-7-8-9-10-11-14-17-25-21(24)19-16-13-12-15-18(19)20(22)23/h11,14,18-19H,2-10,12-13,15-17H2,1H3,(H,22,23)/b14-11+. The second kappa shape index (κ2) is 13.9. The number of carbonyl (C=O) groups is 2. The van der Waals surface area contributed by atoms with E-state index in [1.54, 1.807) is 0 Å². The molecule has 144 valence electrons. The summed E-state index contributed by atoms with van der Waals surface area (Å²) in [7, 11) is 0. The van der Waals surface area contributed by atoms with E-state index in [0.29, 0.717) is 12.8 Å². The summed E-state index contributed by atoms with van der Waals surface area (Å²) in [4.78, 5) is 23.3. The number of hydrogen-bond acceptors (Lipinski definition) is 3. The van der Waals surface area contributed by atoms with Gasteiger partial charge in [0.05, 0.1) is 11.8 Å². The first-order chi connectivity index (χ1) is 12.2. The first-order valence-electron chi connectivity index (χ1n) is 10.2. The molecule has 25 heavy (non-hydrogen) atoms. The molecule has 0 aliphatic heterocycles. The Hall–Kier alpha value is -1.32. The maximum atomic E-state index is 12.1. The number of carboxylic acids is 1. The Labute approximate surface area is 153 Å². The monoisotopic (exact) mass is 352 g/mol. The molecule has 0 aromatic carbocycles. The normalized spacial score (nSPS) is 20.7. The molecule has 4 heteroatoms. The topological polar surface area (TPSA) is 63.6 Å². The summed E-state index contributed by atoms with van der Waals surface area (Å²) < 4.78 is 5.26. The first kappa shape index (κ1) is 21.7. The molecule has 0 aromatic heterocycles. The van der Waals surface area contributed by atoms with Crippen molar-refractivity contribution in [2.24, 2.45) is 11.8 Å². The van der Waals surface area contributed by atoms with Crippen molar-refractivity contribution in [3.05, 3.63) is 12.2 Å². The molecule has 1 N–H and O–H groups in total. The van der Waals surface area contributed by atoms with Crippen LogP contribution in [0.5, 0.6) is 0 Å². The summed E-state index contributed by atoms with van der Waals surface area (Å²) in [5, 5.41) is 9.21. The molecule has 0 saturated heterocycles. The van der Waals surface area contributed by atoms with Crippen LogP contribution in [0, 0.1) is 11.8 Å². The molecular formula is C21H36O4. The van der Waals surface area contributed by atoms with Gasteiger partial charge in [0.15, 0.2) is 0 Å². The molecule has 0 bridgehead atoms. The Kier molecular flexibility index (Phi) is 12.1. The SMILES string of the molecule is CCCCCCCCCC/C=C/COC(=O)C1CCCCC1C(=O)O. The number of esters is 1. The lowest BCUT2D eigenvalue weighted by molar-refractivity contribution is -0.158. The molecule has 0 radical (unpaired) electrons. The van der Waals surface area contributed by atoms with Crippen molar-refractivity contribution in [3.8, 4) is 0 Å².